The van der Waals surface area contributed by atoms with Crippen molar-refractivity contribution in [2.75, 3.05) is 11.6 Å². The minimum Gasteiger partial charge on any atom is -0.229 e. The summed E-state index contributed by atoms with van der Waals surface area (Å²) >= 11 is 5.43. The predicted octanol–water partition coefficient (Wildman–Crippen LogP) is 2.07. The van der Waals surface area contributed by atoms with Gasteiger partial charge in [-0.25, -0.2) is 8.42 Å². The van der Waals surface area contributed by atoms with E-state index < -0.39 is 9.84 Å². The molecule has 1 atom stereocenters. The van der Waals surface area contributed by atoms with Gasteiger partial charge in [0.1, 0.15) is 0 Å². The molecule has 0 N–H and O–H groups in total. The third-order valence-corrected chi connectivity index (χ3v) is 4.87. The minimum atomic E-state index is -2.91. The maximum Gasteiger partial charge on any atom is 0.153 e. The van der Waals surface area contributed by atoms with Gasteiger partial charge in [0.05, 0.1) is 11.0 Å². The van der Waals surface area contributed by atoms with Crippen molar-refractivity contribution in [1.29, 1.82) is 0 Å². The van der Waals surface area contributed by atoms with Crippen LogP contribution >= 0.6 is 11.6 Å². The molecule has 0 saturated heterocycles. The second-order valence-corrected chi connectivity index (χ2v) is 6.21. The Hall–Kier alpha value is 0.240. The van der Waals surface area contributed by atoms with Crippen molar-refractivity contribution in [3.8, 4) is 0 Å². The first kappa shape index (κ1) is 12.2. The quantitative estimate of drug-likeness (QED) is 0.654. The fourth-order valence-electron chi connectivity index (χ4n) is 0.856. The van der Waals surface area contributed by atoms with Crippen molar-refractivity contribution in [2.24, 2.45) is 5.92 Å². The van der Waals surface area contributed by atoms with E-state index in [4.69, 9.17) is 11.6 Å². The summed E-state index contributed by atoms with van der Waals surface area (Å²) in [6.07, 6.45) is 0.556. The van der Waals surface area contributed by atoms with E-state index in [9.17, 15) is 8.42 Å². The monoisotopic (exact) mass is 212 g/mol. The molecule has 0 radical (unpaired) electrons. The van der Waals surface area contributed by atoms with Crippen LogP contribution in [0.3, 0.4) is 0 Å². The fraction of sp³-hybridized carbons (Fsp3) is 1.00. The van der Waals surface area contributed by atoms with Crippen LogP contribution in [0.15, 0.2) is 0 Å². The molecule has 1 unspecified atom stereocenters. The number of halogens is 1. The number of hydrogen-bond donors (Lipinski definition) is 0. The summed E-state index contributed by atoms with van der Waals surface area (Å²) in [5.41, 5.74) is 0. The number of hydrogen-bond acceptors (Lipinski definition) is 2. The largest absolute Gasteiger partial charge is 0.229 e. The molecule has 0 aromatic heterocycles. The summed E-state index contributed by atoms with van der Waals surface area (Å²) in [6, 6.07) is 0. The first-order valence-corrected chi connectivity index (χ1v) is 6.44. The van der Waals surface area contributed by atoms with Crippen LogP contribution in [0, 0.1) is 5.92 Å². The molecular weight excluding hydrogens is 196 g/mol. The van der Waals surface area contributed by atoms with Crippen LogP contribution in [-0.4, -0.2) is 25.3 Å². The van der Waals surface area contributed by atoms with Crippen LogP contribution in [0.2, 0.25) is 0 Å². The summed E-state index contributed by atoms with van der Waals surface area (Å²) in [4.78, 5) is 0. The van der Waals surface area contributed by atoms with Crippen LogP contribution in [0.4, 0.5) is 0 Å². The van der Waals surface area contributed by atoms with Gasteiger partial charge >= 0.3 is 0 Å². The van der Waals surface area contributed by atoms with Gasteiger partial charge in [-0.2, -0.15) is 0 Å². The Morgan fingerprint density at radius 1 is 1.25 bits per heavy atom. The molecule has 0 heterocycles. The van der Waals surface area contributed by atoms with Crippen molar-refractivity contribution in [2.45, 2.75) is 32.4 Å². The van der Waals surface area contributed by atoms with E-state index in [0.717, 1.165) is 0 Å². The second-order valence-electron chi connectivity index (χ2n) is 3.36. The number of sulfone groups is 1. The third kappa shape index (κ3) is 3.76. The zero-order valence-corrected chi connectivity index (χ0v) is 9.45. The van der Waals surface area contributed by atoms with Crippen LogP contribution < -0.4 is 0 Å². The van der Waals surface area contributed by atoms with Crippen LogP contribution in [-0.2, 0) is 9.84 Å². The molecule has 0 aromatic carbocycles. The molecule has 0 aromatic rings. The fourth-order valence-corrected chi connectivity index (χ4v) is 2.90. The first-order valence-electron chi connectivity index (χ1n) is 4.19. The van der Waals surface area contributed by atoms with E-state index in [0.29, 0.717) is 12.3 Å². The highest BCUT2D eigenvalue weighted by Crippen LogP contribution is 2.13. The molecule has 0 bridgehead atoms. The second kappa shape index (κ2) is 5.07. The molecule has 0 aliphatic rings. The van der Waals surface area contributed by atoms with E-state index in [1.807, 2.05) is 13.8 Å². The Kier molecular flexibility index (Phi) is 5.18. The highest BCUT2D eigenvalue weighted by Gasteiger charge is 2.22. The van der Waals surface area contributed by atoms with Crippen LogP contribution in [0.1, 0.15) is 27.2 Å². The van der Waals surface area contributed by atoms with Crippen LogP contribution in [0.5, 0.6) is 0 Å². The average molecular weight is 213 g/mol. The molecule has 0 amide bonds. The topological polar surface area (TPSA) is 34.1 Å². The van der Waals surface area contributed by atoms with E-state index in [1.165, 1.54) is 0 Å². The number of alkyl halides is 1. The lowest BCUT2D eigenvalue weighted by Crippen LogP contribution is -2.26. The van der Waals surface area contributed by atoms with Crippen LogP contribution in [0.25, 0.3) is 0 Å². The molecule has 0 spiro atoms. The van der Waals surface area contributed by atoms with Gasteiger partial charge in [-0.1, -0.05) is 13.8 Å². The molecule has 0 fully saturated rings. The number of rotatable bonds is 5. The Morgan fingerprint density at radius 2 is 1.75 bits per heavy atom. The third-order valence-electron chi connectivity index (χ3n) is 2.07. The standard InChI is InChI=1S/C8H17ClO2S/c1-7(2)8(3)12(10,11)6-4-5-9/h7-8H,4-6H2,1-3H3. The molecule has 0 rings (SSSR count). The van der Waals surface area contributed by atoms with Crippen molar-refractivity contribution >= 4 is 21.4 Å². The average Bonchev–Trinajstić information content (AvgIpc) is 1.99. The van der Waals surface area contributed by atoms with Gasteiger partial charge in [0.15, 0.2) is 9.84 Å². The summed E-state index contributed by atoms with van der Waals surface area (Å²) in [7, 11) is -2.91. The molecule has 0 aliphatic heterocycles. The van der Waals surface area contributed by atoms with Gasteiger partial charge in [-0.05, 0) is 19.3 Å². The lowest BCUT2D eigenvalue weighted by atomic mass is 10.2. The maximum absolute atomic E-state index is 11.5. The van der Waals surface area contributed by atoms with Crippen molar-refractivity contribution in [3.63, 3.8) is 0 Å². The van der Waals surface area contributed by atoms with E-state index >= 15 is 0 Å². The van der Waals surface area contributed by atoms with Crippen molar-refractivity contribution < 1.29 is 8.42 Å². The summed E-state index contributed by atoms with van der Waals surface area (Å²) in [5, 5.41) is -0.249. The highest BCUT2D eigenvalue weighted by molar-refractivity contribution is 7.92. The summed E-state index contributed by atoms with van der Waals surface area (Å²) in [5.74, 6) is 0.824. The molecule has 0 aliphatic carbocycles. The Labute approximate surface area is 80.2 Å². The van der Waals surface area contributed by atoms with Gasteiger partial charge in [-0.15, -0.1) is 11.6 Å². The van der Waals surface area contributed by atoms with E-state index in [1.54, 1.807) is 6.92 Å². The van der Waals surface area contributed by atoms with E-state index in [-0.39, 0.29) is 16.9 Å². The zero-order valence-electron chi connectivity index (χ0n) is 7.88. The maximum atomic E-state index is 11.5. The molecule has 2 nitrogen and oxygen atoms in total. The van der Waals surface area contributed by atoms with Gasteiger partial charge < -0.3 is 0 Å². The molecule has 74 valence electrons. The van der Waals surface area contributed by atoms with Crippen molar-refractivity contribution in [1.82, 2.24) is 0 Å². The summed E-state index contributed by atoms with van der Waals surface area (Å²) < 4.78 is 22.9. The van der Waals surface area contributed by atoms with Gasteiger partial charge in [0.25, 0.3) is 0 Å². The predicted molar refractivity (Wildman–Crippen MR) is 53.4 cm³/mol. The first-order chi connectivity index (χ1) is 5.41. The Bertz CT molecular complexity index is 209. The molecule has 12 heavy (non-hydrogen) atoms. The minimum absolute atomic E-state index is 0.185. The molecule has 0 saturated carbocycles. The molecular formula is C8H17ClO2S. The Morgan fingerprint density at radius 3 is 2.08 bits per heavy atom. The normalized spacial score (nSPS) is 15.1. The smallest absolute Gasteiger partial charge is 0.153 e. The van der Waals surface area contributed by atoms with Gasteiger partial charge in [-0.3, -0.25) is 0 Å². The zero-order chi connectivity index (χ0) is 9.78. The molecule has 4 heteroatoms. The SMILES string of the molecule is CC(C)C(C)S(=O)(=O)CCCCl. The lowest BCUT2D eigenvalue weighted by Gasteiger charge is -2.15. The summed E-state index contributed by atoms with van der Waals surface area (Å²) in [6.45, 7) is 5.60. The highest BCUT2D eigenvalue weighted by atomic mass is 35.5. The Balaban J connectivity index is 4.21. The van der Waals surface area contributed by atoms with Gasteiger partial charge in [0.2, 0.25) is 0 Å². The van der Waals surface area contributed by atoms with Crippen molar-refractivity contribution in [3.05, 3.63) is 0 Å². The van der Waals surface area contributed by atoms with Gasteiger partial charge in [0, 0.05) is 5.88 Å². The van der Waals surface area contributed by atoms with E-state index in [2.05, 4.69) is 0 Å². The lowest BCUT2D eigenvalue weighted by molar-refractivity contribution is 0.545.